The molecule has 0 spiro atoms. The average molecular weight is 565 g/mol. The van der Waals surface area contributed by atoms with E-state index in [4.69, 9.17) is 14.6 Å². The monoisotopic (exact) mass is 564 g/mol. The highest BCUT2D eigenvalue weighted by atomic mass is 32.2. The number of carbonyl (C=O) groups excluding carboxylic acids is 2. The Hall–Kier alpha value is -3.46. The van der Waals surface area contributed by atoms with Gasteiger partial charge in [0.05, 0.1) is 36.6 Å². The topological polar surface area (TPSA) is 85.7 Å². The predicted molar refractivity (Wildman–Crippen MR) is 161 cm³/mol. The number of thioether (sulfide) groups is 1. The third-order valence-corrected chi connectivity index (χ3v) is 8.33. The summed E-state index contributed by atoms with van der Waals surface area (Å²) >= 11 is 1.54. The smallest absolute Gasteiger partial charge is 0.240 e. The van der Waals surface area contributed by atoms with E-state index in [1.165, 1.54) is 11.8 Å². The molecule has 2 heterocycles. The Kier molecular flexibility index (Phi) is 8.83. The molecule has 2 aromatic carbocycles. The lowest BCUT2D eigenvalue weighted by Crippen LogP contribution is -2.44. The molecule has 214 valence electrons. The number of amides is 2. The minimum Gasteiger partial charge on any atom is -0.493 e. The van der Waals surface area contributed by atoms with Gasteiger partial charge in [-0.2, -0.15) is 5.10 Å². The number of rotatable bonds is 8. The second-order valence-electron chi connectivity index (χ2n) is 11.2. The van der Waals surface area contributed by atoms with Crippen LogP contribution < -0.4 is 19.7 Å². The molecule has 0 fully saturated rings. The molecule has 0 saturated heterocycles. The van der Waals surface area contributed by atoms with E-state index < -0.39 is 0 Å². The molecule has 1 aromatic heterocycles. The van der Waals surface area contributed by atoms with Crippen molar-refractivity contribution in [2.75, 3.05) is 31.4 Å². The molecule has 1 N–H and O–H groups in total. The Bertz CT molecular complexity index is 1390. The van der Waals surface area contributed by atoms with E-state index in [9.17, 15) is 9.59 Å². The molecule has 0 radical (unpaired) electrons. The molecule has 2 unspecified atom stereocenters. The summed E-state index contributed by atoms with van der Waals surface area (Å²) in [6.07, 6.45) is 0.803. The van der Waals surface area contributed by atoms with E-state index in [0.29, 0.717) is 17.3 Å². The SMILES string of the molecule is CCC(C)NC(=O)CN1C(=O)CSC(c2ccc(OC)c(OC)c2)c2c(C(C)(C)C)nn(-c3cccc(C)c3)c21. The number of nitrogens with zero attached hydrogens (tertiary/aromatic N) is 3. The molecule has 40 heavy (non-hydrogen) atoms. The van der Waals surface area contributed by atoms with Gasteiger partial charge in [-0.1, -0.05) is 45.9 Å². The number of aromatic nitrogens is 2. The molecular formula is C31H40N4O4S. The van der Waals surface area contributed by atoms with Crippen LogP contribution in [0.2, 0.25) is 0 Å². The van der Waals surface area contributed by atoms with Crippen molar-refractivity contribution in [3.63, 3.8) is 0 Å². The first-order valence-corrected chi connectivity index (χ1v) is 14.7. The highest BCUT2D eigenvalue weighted by Gasteiger charge is 2.40. The zero-order valence-corrected chi connectivity index (χ0v) is 25.5. The molecule has 0 aliphatic carbocycles. The van der Waals surface area contributed by atoms with Gasteiger partial charge in [-0.15, -0.1) is 11.8 Å². The van der Waals surface area contributed by atoms with E-state index in [-0.39, 0.29) is 40.8 Å². The Balaban J connectivity index is 2.00. The third-order valence-electron chi connectivity index (χ3n) is 7.08. The number of ether oxygens (including phenoxy) is 2. The minimum atomic E-state index is -0.341. The van der Waals surface area contributed by atoms with Gasteiger partial charge in [0.15, 0.2) is 11.5 Å². The maximum atomic E-state index is 13.8. The van der Waals surface area contributed by atoms with Crippen molar-refractivity contribution in [2.45, 2.75) is 64.7 Å². The van der Waals surface area contributed by atoms with Crippen LogP contribution in [0, 0.1) is 6.92 Å². The molecule has 1 aliphatic rings. The number of benzene rings is 2. The van der Waals surface area contributed by atoms with E-state index in [1.807, 2.05) is 67.9 Å². The van der Waals surface area contributed by atoms with Gasteiger partial charge >= 0.3 is 0 Å². The van der Waals surface area contributed by atoms with Crippen LogP contribution in [0.1, 0.15) is 68.7 Å². The van der Waals surface area contributed by atoms with Crippen molar-refractivity contribution in [2.24, 2.45) is 0 Å². The van der Waals surface area contributed by atoms with Gasteiger partial charge < -0.3 is 14.8 Å². The summed E-state index contributed by atoms with van der Waals surface area (Å²) in [5.41, 5.74) is 4.34. The van der Waals surface area contributed by atoms with Crippen LogP contribution in [0.4, 0.5) is 5.82 Å². The van der Waals surface area contributed by atoms with Crippen LogP contribution in [0.25, 0.3) is 5.69 Å². The quantitative estimate of drug-likeness (QED) is 0.385. The highest BCUT2D eigenvalue weighted by molar-refractivity contribution is 8.00. The second kappa shape index (κ2) is 12.0. The first-order valence-electron chi connectivity index (χ1n) is 13.6. The number of methoxy groups -OCH3 is 2. The summed E-state index contributed by atoms with van der Waals surface area (Å²) < 4.78 is 13.0. The van der Waals surface area contributed by atoms with Crippen molar-refractivity contribution in [3.05, 3.63) is 64.8 Å². The summed E-state index contributed by atoms with van der Waals surface area (Å²) in [5, 5.41) is 7.96. The summed E-state index contributed by atoms with van der Waals surface area (Å²) in [4.78, 5) is 28.6. The van der Waals surface area contributed by atoms with Gasteiger partial charge in [0.25, 0.3) is 0 Å². The van der Waals surface area contributed by atoms with Crippen LogP contribution in [0.3, 0.4) is 0 Å². The molecule has 0 saturated carbocycles. The number of fused-ring (bicyclic) bond motifs is 1. The summed E-state index contributed by atoms with van der Waals surface area (Å²) in [7, 11) is 3.23. The summed E-state index contributed by atoms with van der Waals surface area (Å²) in [5.74, 6) is 1.76. The van der Waals surface area contributed by atoms with Crippen LogP contribution in [0.15, 0.2) is 42.5 Å². The van der Waals surface area contributed by atoms with Gasteiger partial charge in [-0.25, -0.2) is 4.68 Å². The van der Waals surface area contributed by atoms with Crippen molar-refractivity contribution in [1.82, 2.24) is 15.1 Å². The van der Waals surface area contributed by atoms with Gasteiger partial charge in [-0.05, 0) is 55.7 Å². The molecule has 2 atom stereocenters. The molecule has 0 bridgehead atoms. The van der Waals surface area contributed by atoms with E-state index in [0.717, 1.165) is 34.5 Å². The lowest BCUT2D eigenvalue weighted by atomic mass is 9.87. The number of hydrogen-bond acceptors (Lipinski definition) is 6. The maximum absolute atomic E-state index is 13.8. The molecule has 4 rings (SSSR count). The van der Waals surface area contributed by atoms with Crippen molar-refractivity contribution in [3.8, 4) is 17.2 Å². The van der Waals surface area contributed by atoms with E-state index in [2.05, 4.69) is 26.1 Å². The zero-order chi connectivity index (χ0) is 29.2. The van der Waals surface area contributed by atoms with Crippen LogP contribution in [-0.2, 0) is 15.0 Å². The zero-order valence-electron chi connectivity index (χ0n) is 24.7. The molecule has 1 aliphatic heterocycles. The normalized spacial score (nSPS) is 16.2. The van der Waals surface area contributed by atoms with Crippen LogP contribution in [-0.4, -0.2) is 54.2 Å². The van der Waals surface area contributed by atoms with Crippen molar-refractivity contribution >= 4 is 29.4 Å². The Morgan fingerprint density at radius 3 is 2.50 bits per heavy atom. The maximum Gasteiger partial charge on any atom is 0.240 e. The fourth-order valence-corrected chi connectivity index (χ4v) is 6.05. The number of nitrogens with one attached hydrogen (secondary N) is 1. The number of hydrogen-bond donors (Lipinski definition) is 1. The first kappa shape index (κ1) is 29.5. The fraction of sp³-hybridized carbons (Fsp3) is 0.452. The minimum absolute atomic E-state index is 0.00903. The largest absolute Gasteiger partial charge is 0.493 e. The molecule has 2 amide bonds. The molecule has 9 heteroatoms. The lowest BCUT2D eigenvalue weighted by molar-refractivity contribution is -0.123. The number of anilines is 1. The Labute approximate surface area is 241 Å². The fourth-order valence-electron chi connectivity index (χ4n) is 4.86. The number of aryl methyl sites for hydroxylation is 1. The first-order chi connectivity index (χ1) is 19.0. The standard InChI is InChI=1S/C31H40N4O4S/c1-9-20(3)32-25(36)17-34-26(37)18-40-28(21-13-14-23(38-7)24(16-21)39-8)27-29(31(4,5)6)33-35(30(27)34)22-12-10-11-19(2)15-22/h10-16,20,28H,9,17-18H2,1-8H3,(H,32,36). The summed E-state index contributed by atoms with van der Waals surface area (Å²) in [6.45, 7) is 12.3. The average Bonchev–Trinajstić information content (AvgIpc) is 3.26. The van der Waals surface area contributed by atoms with Crippen LogP contribution >= 0.6 is 11.8 Å². The Morgan fingerprint density at radius 1 is 1.15 bits per heavy atom. The van der Waals surface area contributed by atoms with Crippen molar-refractivity contribution < 1.29 is 19.1 Å². The molecular weight excluding hydrogens is 524 g/mol. The van der Waals surface area contributed by atoms with E-state index in [1.54, 1.807) is 19.1 Å². The molecule has 8 nitrogen and oxygen atoms in total. The third kappa shape index (κ3) is 5.99. The number of carbonyl (C=O) groups is 2. The van der Waals surface area contributed by atoms with Gasteiger partial charge in [0.1, 0.15) is 12.4 Å². The van der Waals surface area contributed by atoms with Gasteiger partial charge in [-0.3, -0.25) is 14.5 Å². The van der Waals surface area contributed by atoms with Crippen molar-refractivity contribution in [1.29, 1.82) is 0 Å². The second-order valence-corrected chi connectivity index (χ2v) is 12.3. The predicted octanol–water partition coefficient (Wildman–Crippen LogP) is 5.58. The molecule has 3 aromatic rings. The van der Waals surface area contributed by atoms with Gasteiger partial charge in [0.2, 0.25) is 11.8 Å². The van der Waals surface area contributed by atoms with Crippen LogP contribution in [0.5, 0.6) is 11.5 Å². The Morgan fingerprint density at radius 2 is 1.88 bits per heavy atom. The lowest BCUT2D eigenvalue weighted by Gasteiger charge is -2.25. The van der Waals surface area contributed by atoms with Gasteiger partial charge in [0, 0.05) is 17.0 Å². The highest BCUT2D eigenvalue weighted by Crippen LogP contribution is 2.49. The van der Waals surface area contributed by atoms with E-state index >= 15 is 0 Å². The summed E-state index contributed by atoms with van der Waals surface area (Å²) in [6, 6.07) is 13.9.